The van der Waals surface area contributed by atoms with Crippen LogP contribution in [0.2, 0.25) is 0 Å². The molecule has 0 aliphatic carbocycles. The van der Waals surface area contributed by atoms with Crippen molar-refractivity contribution in [2.24, 2.45) is 0 Å². The lowest BCUT2D eigenvalue weighted by atomic mass is 10.2. The second kappa shape index (κ2) is 6.01. The van der Waals surface area contributed by atoms with E-state index in [9.17, 15) is 4.39 Å². The van der Waals surface area contributed by atoms with Gasteiger partial charge in [0, 0.05) is 18.8 Å². The Labute approximate surface area is 108 Å². The van der Waals surface area contributed by atoms with Crippen LogP contribution in [-0.4, -0.2) is 17.2 Å². The van der Waals surface area contributed by atoms with Gasteiger partial charge in [-0.05, 0) is 49.0 Å². The second-order valence-corrected chi connectivity index (χ2v) is 5.03. The molecule has 0 bridgehead atoms. The Morgan fingerprint density at radius 3 is 2.83 bits per heavy atom. The SMILES string of the molecule is CC(C)NCCCCn1ccc2ccc(F)cc21. The fraction of sp³-hybridized carbons (Fsp3) is 0.467. The summed E-state index contributed by atoms with van der Waals surface area (Å²) in [7, 11) is 0. The van der Waals surface area contributed by atoms with Crippen molar-refractivity contribution in [1.29, 1.82) is 0 Å². The minimum atomic E-state index is -0.163. The minimum absolute atomic E-state index is 0.163. The van der Waals surface area contributed by atoms with Gasteiger partial charge in [-0.3, -0.25) is 0 Å². The maximum Gasteiger partial charge on any atom is 0.125 e. The highest BCUT2D eigenvalue weighted by Gasteiger charge is 2.02. The van der Waals surface area contributed by atoms with E-state index in [1.807, 2.05) is 18.3 Å². The van der Waals surface area contributed by atoms with E-state index in [-0.39, 0.29) is 5.82 Å². The molecule has 0 aliphatic rings. The molecular formula is C15H21FN2. The maximum atomic E-state index is 13.2. The summed E-state index contributed by atoms with van der Waals surface area (Å²) in [6.45, 7) is 6.31. The van der Waals surface area contributed by atoms with Crippen LogP contribution in [0.5, 0.6) is 0 Å². The Hall–Kier alpha value is -1.35. The summed E-state index contributed by atoms with van der Waals surface area (Å²) in [5.74, 6) is -0.163. The topological polar surface area (TPSA) is 17.0 Å². The first-order valence-electron chi connectivity index (χ1n) is 6.64. The molecule has 0 saturated carbocycles. The van der Waals surface area contributed by atoms with Gasteiger partial charge in [-0.1, -0.05) is 13.8 Å². The Balaban J connectivity index is 1.89. The number of hydrogen-bond acceptors (Lipinski definition) is 1. The third-order valence-corrected chi connectivity index (χ3v) is 3.11. The molecule has 0 aliphatic heterocycles. The molecule has 98 valence electrons. The van der Waals surface area contributed by atoms with Crippen LogP contribution in [0.3, 0.4) is 0 Å². The summed E-state index contributed by atoms with van der Waals surface area (Å²) in [4.78, 5) is 0. The molecule has 2 aromatic rings. The van der Waals surface area contributed by atoms with Crippen molar-refractivity contribution >= 4 is 10.9 Å². The number of nitrogens with one attached hydrogen (secondary N) is 1. The molecule has 0 spiro atoms. The molecule has 0 saturated heterocycles. The summed E-state index contributed by atoms with van der Waals surface area (Å²) >= 11 is 0. The van der Waals surface area contributed by atoms with Gasteiger partial charge in [0.25, 0.3) is 0 Å². The van der Waals surface area contributed by atoms with Crippen LogP contribution in [0.1, 0.15) is 26.7 Å². The van der Waals surface area contributed by atoms with Crippen molar-refractivity contribution in [2.75, 3.05) is 6.54 Å². The van der Waals surface area contributed by atoms with E-state index in [0.717, 1.165) is 36.8 Å². The van der Waals surface area contributed by atoms with E-state index >= 15 is 0 Å². The zero-order chi connectivity index (χ0) is 13.0. The van der Waals surface area contributed by atoms with Gasteiger partial charge in [-0.25, -0.2) is 4.39 Å². The molecule has 1 N–H and O–H groups in total. The molecule has 3 heteroatoms. The normalized spacial score (nSPS) is 11.6. The quantitative estimate of drug-likeness (QED) is 0.773. The van der Waals surface area contributed by atoms with E-state index in [4.69, 9.17) is 0 Å². The monoisotopic (exact) mass is 248 g/mol. The molecule has 2 nitrogen and oxygen atoms in total. The van der Waals surface area contributed by atoms with E-state index in [1.165, 1.54) is 6.07 Å². The van der Waals surface area contributed by atoms with E-state index in [0.29, 0.717) is 6.04 Å². The molecule has 2 rings (SSSR count). The molecule has 0 atom stereocenters. The number of hydrogen-bond donors (Lipinski definition) is 1. The number of aromatic nitrogens is 1. The largest absolute Gasteiger partial charge is 0.347 e. The molecule has 1 heterocycles. The first-order chi connectivity index (χ1) is 8.66. The lowest BCUT2D eigenvalue weighted by molar-refractivity contribution is 0.535. The third kappa shape index (κ3) is 3.33. The number of nitrogens with zero attached hydrogens (tertiary/aromatic N) is 1. The molecule has 1 aromatic heterocycles. The summed E-state index contributed by atoms with van der Waals surface area (Å²) in [5.41, 5.74) is 0.992. The lowest BCUT2D eigenvalue weighted by Gasteiger charge is -2.08. The molecule has 0 fully saturated rings. The molecule has 0 unspecified atom stereocenters. The Kier molecular flexibility index (Phi) is 4.37. The number of rotatable bonds is 6. The first kappa shape index (κ1) is 13.1. The number of fused-ring (bicyclic) bond motifs is 1. The van der Waals surface area contributed by atoms with Gasteiger partial charge in [0.1, 0.15) is 5.82 Å². The van der Waals surface area contributed by atoms with Gasteiger partial charge in [-0.2, -0.15) is 0 Å². The van der Waals surface area contributed by atoms with Crippen LogP contribution in [0.4, 0.5) is 4.39 Å². The smallest absolute Gasteiger partial charge is 0.125 e. The van der Waals surface area contributed by atoms with E-state index < -0.39 is 0 Å². The van der Waals surface area contributed by atoms with Crippen molar-refractivity contribution in [3.63, 3.8) is 0 Å². The summed E-state index contributed by atoms with van der Waals surface area (Å²) in [6.07, 6.45) is 4.30. The minimum Gasteiger partial charge on any atom is -0.347 e. The maximum absolute atomic E-state index is 13.2. The van der Waals surface area contributed by atoms with Crippen molar-refractivity contribution in [1.82, 2.24) is 9.88 Å². The third-order valence-electron chi connectivity index (χ3n) is 3.11. The fourth-order valence-corrected chi connectivity index (χ4v) is 2.15. The fourth-order valence-electron chi connectivity index (χ4n) is 2.15. The van der Waals surface area contributed by atoms with Crippen LogP contribution in [0.25, 0.3) is 10.9 Å². The number of aryl methyl sites for hydroxylation is 1. The van der Waals surface area contributed by atoms with Crippen LogP contribution in [-0.2, 0) is 6.54 Å². The predicted molar refractivity (Wildman–Crippen MR) is 74.3 cm³/mol. The van der Waals surface area contributed by atoms with Gasteiger partial charge < -0.3 is 9.88 Å². The number of benzene rings is 1. The van der Waals surface area contributed by atoms with Crippen LogP contribution in [0, 0.1) is 5.82 Å². The van der Waals surface area contributed by atoms with Gasteiger partial charge in [-0.15, -0.1) is 0 Å². The van der Waals surface area contributed by atoms with Crippen molar-refractivity contribution in [3.05, 3.63) is 36.3 Å². The molecular weight excluding hydrogens is 227 g/mol. The van der Waals surface area contributed by atoms with Crippen LogP contribution >= 0.6 is 0 Å². The van der Waals surface area contributed by atoms with E-state index in [1.54, 1.807) is 6.07 Å². The average molecular weight is 248 g/mol. The lowest BCUT2D eigenvalue weighted by Crippen LogP contribution is -2.23. The summed E-state index contributed by atoms with van der Waals surface area (Å²) in [5, 5.41) is 4.51. The van der Waals surface area contributed by atoms with Crippen molar-refractivity contribution in [3.8, 4) is 0 Å². The highest BCUT2D eigenvalue weighted by atomic mass is 19.1. The average Bonchev–Trinajstić information content (AvgIpc) is 2.71. The van der Waals surface area contributed by atoms with Crippen LogP contribution < -0.4 is 5.32 Å². The molecule has 1 aromatic carbocycles. The summed E-state index contributed by atoms with van der Waals surface area (Å²) < 4.78 is 15.3. The Morgan fingerprint density at radius 2 is 2.06 bits per heavy atom. The first-order valence-corrected chi connectivity index (χ1v) is 6.64. The number of unbranched alkanes of at least 4 members (excludes halogenated alkanes) is 1. The van der Waals surface area contributed by atoms with Gasteiger partial charge in [0.05, 0.1) is 5.52 Å². The van der Waals surface area contributed by atoms with Crippen molar-refractivity contribution in [2.45, 2.75) is 39.3 Å². The zero-order valence-corrected chi connectivity index (χ0v) is 11.1. The van der Waals surface area contributed by atoms with Gasteiger partial charge >= 0.3 is 0 Å². The van der Waals surface area contributed by atoms with Crippen molar-refractivity contribution < 1.29 is 4.39 Å². The second-order valence-electron chi connectivity index (χ2n) is 5.03. The Morgan fingerprint density at radius 1 is 1.22 bits per heavy atom. The van der Waals surface area contributed by atoms with Gasteiger partial charge in [0.2, 0.25) is 0 Å². The Bertz CT molecular complexity index is 502. The number of halogens is 1. The zero-order valence-electron chi connectivity index (χ0n) is 11.1. The standard InChI is InChI=1S/C15H21FN2/c1-12(2)17-8-3-4-9-18-10-7-13-5-6-14(16)11-15(13)18/h5-7,10-12,17H,3-4,8-9H2,1-2H3. The molecule has 0 amide bonds. The molecule has 18 heavy (non-hydrogen) atoms. The summed E-state index contributed by atoms with van der Waals surface area (Å²) in [6, 6.07) is 7.55. The van der Waals surface area contributed by atoms with Gasteiger partial charge in [0.15, 0.2) is 0 Å². The van der Waals surface area contributed by atoms with Crippen LogP contribution in [0.15, 0.2) is 30.5 Å². The van der Waals surface area contributed by atoms with E-state index in [2.05, 4.69) is 23.7 Å². The molecule has 0 radical (unpaired) electrons. The predicted octanol–water partition coefficient (Wildman–Crippen LogP) is 3.56. The highest BCUT2D eigenvalue weighted by Crippen LogP contribution is 2.17. The highest BCUT2D eigenvalue weighted by molar-refractivity contribution is 5.80.